The Labute approximate surface area is 193 Å². The molecule has 29 heavy (non-hydrogen) atoms. The summed E-state index contributed by atoms with van der Waals surface area (Å²) >= 11 is 0. The smallest absolute Gasteiger partial charge is 0.194 e. The average molecular weight is 512 g/mol. The first-order chi connectivity index (χ1) is 13.3. The second kappa shape index (κ2) is 12.2. The molecule has 0 bridgehead atoms. The fraction of sp³-hybridized carbons (Fsp3) is 0.545. The van der Waals surface area contributed by atoms with E-state index in [1.807, 2.05) is 11.7 Å². The lowest BCUT2D eigenvalue weighted by Gasteiger charge is -2.22. The fourth-order valence-corrected chi connectivity index (χ4v) is 3.32. The lowest BCUT2D eigenvalue weighted by Crippen LogP contribution is -2.38. The van der Waals surface area contributed by atoms with Crippen molar-refractivity contribution in [1.82, 2.24) is 24.9 Å². The maximum Gasteiger partial charge on any atom is 0.194 e. The lowest BCUT2D eigenvalue weighted by molar-refractivity contribution is 0.402. The molecule has 0 radical (unpaired) electrons. The molecule has 1 aromatic carbocycles. The van der Waals surface area contributed by atoms with Gasteiger partial charge in [0.2, 0.25) is 0 Å². The molecule has 2 rings (SSSR count). The Hall–Kier alpha value is -1.61. The Morgan fingerprint density at radius 2 is 1.86 bits per heavy atom. The molecular formula is C22H37IN6. The molecule has 1 heterocycles. The van der Waals surface area contributed by atoms with Crippen LogP contribution in [0.5, 0.6) is 0 Å². The van der Waals surface area contributed by atoms with Crippen molar-refractivity contribution in [2.45, 2.75) is 46.3 Å². The third-order valence-electron chi connectivity index (χ3n) is 4.49. The van der Waals surface area contributed by atoms with E-state index in [9.17, 15) is 0 Å². The van der Waals surface area contributed by atoms with Gasteiger partial charge in [-0.15, -0.1) is 24.0 Å². The Bertz CT molecular complexity index is 781. The molecule has 0 unspecified atom stereocenters. The minimum absolute atomic E-state index is 0. The topological polar surface area (TPSA) is 48.7 Å². The monoisotopic (exact) mass is 512 g/mol. The van der Waals surface area contributed by atoms with E-state index in [2.05, 4.69) is 92.6 Å². The number of nitrogens with one attached hydrogen (secondary N) is 1. The molecule has 0 saturated heterocycles. The highest BCUT2D eigenvalue weighted by molar-refractivity contribution is 14.0. The molecule has 2 aromatic rings. The van der Waals surface area contributed by atoms with Gasteiger partial charge in [-0.3, -0.25) is 4.68 Å². The highest BCUT2D eigenvalue weighted by Crippen LogP contribution is 2.18. The quantitative estimate of drug-likeness (QED) is 0.332. The van der Waals surface area contributed by atoms with Crippen molar-refractivity contribution in [2.24, 2.45) is 12.0 Å². The first kappa shape index (κ1) is 25.4. The number of hydrogen-bond donors (Lipinski definition) is 1. The van der Waals surface area contributed by atoms with Gasteiger partial charge >= 0.3 is 0 Å². The summed E-state index contributed by atoms with van der Waals surface area (Å²) < 4.78 is 1.90. The zero-order valence-electron chi connectivity index (χ0n) is 18.9. The summed E-state index contributed by atoms with van der Waals surface area (Å²) in [6.07, 6.45) is 2.11. The minimum atomic E-state index is 0. The van der Waals surface area contributed by atoms with Gasteiger partial charge in [0.15, 0.2) is 5.96 Å². The van der Waals surface area contributed by atoms with E-state index in [0.717, 1.165) is 31.3 Å². The molecule has 1 N–H and O–H groups in total. The van der Waals surface area contributed by atoms with Gasteiger partial charge in [0.05, 0.1) is 12.2 Å². The van der Waals surface area contributed by atoms with E-state index in [-0.39, 0.29) is 24.0 Å². The maximum atomic E-state index is 4.87. The van der Waals surface area contributed by atoms with E-state index in [4.69, 9.17) is 4.99 Å². The van der Waals surface area contributed by atoms with Crippen molar-refractivity contribution >= 4 is 29.9 Å². The maximum absolute atomic E-state index is 4.87. The molecule has 0 atom stereocenters. The third-order valence-corrected chi connectivity index (χ3v) is 4.49. The summed E-state index contributed by atoms with van der Waals surface area (Å²) in [6, 6.07) is 8.67. The normalized spacial score (nSPS) is 11.7. The summed E-state index contributed by atoms with van der Waals surface area (Å²) in [5.74, 6) is 1.32. The molecule has 0 aliphatic rings. The number of aliphatic imine (C=N–C) groups is 1. The van der Waals surface area contributed by atoms with Crippen LogP contribution in [0.1, 0.15) is 49.1 Å². The van der Waals surface area contributed by atoms with E-state index in [1.54, 1.807) is 0 Å². The predicted octanol–water partition coefficient (Wildman–Crippen LogP) is 3.82. The van der Waals surface area contributed by atoms with E-state index >= 15 is 0 Å². The number of aryl methyl sites for hydroxylation is 1. The van der Waals surface area contributed by atoms with Crippen molar-refractivity contribution in [3.8, 4) is 0 Å². The van der Waals surface area contributed by atoms with Crippen LogP contribution >= 0.6 is 24.0 Å². The van der Waals surface area contributed by atoms with Gasteiger partial charge in [0.1, 0.15) is 0 Å². The van der Waals surface area contributed by atoms with Crippen molar-refractivity contribution in [3.63, 3.8) is 0 Å². The Balaban J connectivity index is 0.00000420. The van der Waals surface area contributed by atoms with Crippen molar-refractivity contribution < 1.29 is 0 Å². The van der Waals surface area contributed by atoms with Gasteiger partial charge in [-0.2, -0.15) is 5.10 Å². The standard InChI is InChI=1S/C22H36N6.HI/c1-8-23-22(24-13-18-10-9-11-19(12-18)14-26(4)5)27(6)15-20-16-28(7)25-21(20)17(2)3;/h9-12,16-17H,8,13-15H2,1-7H3,(H,23,24);1H. The molecule has 1 aromatic heterocycles. The summed E-state index contributed by atoms with van der Waals surface area (Å²) in [5.41, 5.74) is 4.94. The summed E-state index contributed by atoms with van der Waals surface area (Å²) in [6.45, 7) is 9.71. The molecule has 0 spiro atoms. The molecule has 0 amide bonds. The highest BCUT2D eigenvalue weighted by Gasteiger charge is 2.15. The second-order valence-electron chi connectivity index (χ2n) is 7.95. The van der Waals surface area contributed by atoms with Crippen LogP contribution in [0.4, 0.5) is 0 Å². The van der Waals surface area contributed by atoms with Crippen LogP contribution in [0.3, 0.4) is 0 Å². The van der Waals surface area contributed by atoms with Gasteiger partial charge < -0.3 is 15.1 Å². The molecule has 6 nitrogen and oxygen atoms in total. The molecule has 0 aliphatic heterocycles. The van der Waals surface area contributed by atoms with Crippen molar-refractivity contribution in [1.29, 1.82) is 0 Å². The first-order valence-electron chi connectivity index (χ1n) is 10.0. The lowest BCUT2D eigenvalue weighted by atomic mass is 10.1. The van der Waals surface area contributed by atoms with Crippen molar-refractivity contribution in [2.75, 3.05) is 27.7 Å². The minimum Gasteiger partial charge on any atom is -0.357 e. The molecule has 7 heteroatoms. The predicted molar refractivity (Wildman–Crippen MR) is 133 cm³/mol. The molecular weight excluding hydrogens is 475 g/mol. The van der Waals surface area contributed by atoms with E-state index in [1.165, 1.54) is 16.7 Å². The summed E-state index contributed by atoms with van der Waals surface area (Å²) in [4.78, 5) is 9.23. The molecule has 0 aliphatic carbocycles. The average Bonchev–Trinajstić information content (AvgIpc) is 2.98. The SMILES string of the molecule is CCNC(=NCc1cccc(CN(C)C)c1)N(C)Cc1cn(C)nc1C(C)C.I. The van der Waals surface area contributed by atoms with Crippen LogP contribution < -0.4 is 5.32 Å². The summed E-state index contributed by atoms with van der Waals surface area (Å²) in [7, 11) is 8.25. The second-order valence-corrected chi connectivity index (χ2v) is 7.95. The van der Waals surface area contributed by atoms with Gasteiger partial charge in [-0.25, -0.2) is 4.99 Å². The number of guanidine groups is 1. The molecule has 162 valence electrons. The van der Waals surface area contributed by atoms with Crippen LogP contribution in [-0.2, 0) is 26.7 Å². The van der Waals surface area contributed by atoms with Gasteiger partial charge in [0.25, 0.3) is 0 Å². The van der Waals surface area contributed by atoms with Crippen LogP contribution in [0.2, 0.25) is 0 Å². The van der Waals surface area contributed by atoms with E-state index < -0.39 is 0 Å². The Kier molecular flexibility index (Phi) is 10.7. The number of rotatable bonds is 8. The molecule has 0 saturated carbocycles. The first-order valence-corrected chi connectivity index (χ1v) is 10.0. The van der Waals surface area contributed by atoms with Gasteiger partial charge in [-0.1, -0.05) is 38.1 Å². The van der Waals surface area contributed by atoms with Crippen molar-refractivity contribution in [3.05, 3.63) is 52.8 Å². The van der Waals surface area contributed by atoms with Gasteiger partial charge in [0, 0.05) is 45.5 Å². The highest BCUT2D eigenvalue weighted by atomic mass is 127. The number of benzene rings is 1. The van der Waals surface area contributed by atoms with Crippen LogP contribution in [-0.4, -0.2) is 53.2 Å². The van der Waals surface area contributed by atoms with Gasteiger partial charge in [-0.05, 0) is 38.1 Å². The Morgan fingerprint density at radius 3 is 2.48 bits per heavy atom. The van der Waals surface area contributed by atoms with E-state index in [0.29, 0.717) is 12.5 Å². The van der Waals surface area contributed by atoms with Crippen LogP contribution in [0.15, 0.2) is 35.5 Å². The number of halogens is 1. The number of nitrogens with zero attached hydrogens (tertiary/aromatic N) is 5. The summed E-state index contributed by atoms with van der Waals surface area (Å²) in [5, 5.41) is 8.04. The zero-order chi connectivity index (χ0) is 20.7. The molecule has 0 fully saturated rings. The van der Waals surface area contributed by atoms with Crippen LogP contribution in [0, 0.1) is 0 Å². The largest absolute Gasteiger partial charge is 0.357 e. The third kappa shape index (κ3) is 7.97. The van der Waals surface area contributed by atoms with Crippen LogP contribution in [0.25, 0.3) is 0 Å². The zero-order valence-corrected chi connectivity index (χ0v) is 21.3. The number of hydrogen-bond acceptors (Lipinski definition) is 3. The fourth-order valence-electron chi connectivity index (χ4n) is 3.32. The Morgan fingerprint density at radius 1 is 1.17 bits per heavy atom. The number of aromatic nitrogens is 2.